The molecular weight excluding hydrogens is 218 g/mol. The zero-order chi connectivity index (χ0) is 11.6. The van der Waals surface area contributed by atoms with E-state index >= 15 is 0 Å². The van der Waals surface area contributed by atoms with E-state index in [2.05, 4.69) is 12.6 Å². The summed E-state index contributed by atoms with van der Waals surface area (Å²) in [6.45, 7) is 0. The number of nitrogens with two attached hydrogens (primary N) is 1. The topological polar surface area (TPSA) is 81.8 Å². The van der Waals surface area contributed by atoms with E-state index in [0.717, 1.165) is 0 Å². The monoisotopic (exact) mass is 229 g/mol. The molecule has 0 amide bonds. The molecule has 0 heterocycles. The fourth-order valence-electron chi connectivity index (χ4n) is 1.17. The fourth-order valence-corrected chi connectivity index (χ4v) is 1.49. The van der Waals surface area contributed by atoms with E-state index in [1.54, 1.807) is 0 Å². The first-order valence-electron chi connectivity index (χ1n) is 3.99. The molecule has 3 N–H and O–H groups in total. The first-order chi connectivity index (χ1) is 7.02. The summed E-state index contributed by atoms with van der Waals surface area (Å²) in [5.74, 6) is -0.527. The highest BCUT2D eigenvalue weighted by atomic mass is 32.1. The molecule has 0 radical (unpaired) electrons. The van der Waals surface area contributed by atoms with Crippen LogP contribution in [-0.4, -0.2) is 25.3 Å². The summed E-state index contributed by atoms with van der Waals surface area (Å²) in [6, 6.07) is 1.30. The van der Waals surface area contributed by atoms with Crippen LogP contribution in [0, 0.1) is 0 Å². The standard InChI is InChI=1S/C9H11NO4S/c1-13-5-3-4(9(11)12)6(10)8(15)7(5)14-2/h3,15H,10H2,1-2H3,(H,11,12). The summed E-state index contributed by atoms with van der Waals surface area (Å²) in [4.78, 5) is 11.1. The Kier molecular flexibility index (Phi) is 3.31. The number of rotatable bonds is 3. The van der Waals surface area contributed by atoms with Crippen molar-refractivity contribution in [3.05, 3.63) is 11.6 Å². The van der Waals surface area contributed by atoms with Gasteiger partial charge in [-0.05, 0) is 0 Å². The van der Waals surface area contributed by atoms with Gasteiger partial charge in [-0.3, -0.25) is 0 Å². The lowest BCUT2D eigenvalue weighted by atomic mass is 10.1. The minimum Gasteiger partial charge on any atom is -0.493 e. The fraction of sp³-hybridized carbons (Fsp3) is 0.222. The number of methoxy groups -OCH3 is 2. The zero-order valence-electron chi connectivity index (χ0n) is 8.27. The van der Waals surface area contributed by atoms with E-state index in [9.17, 15) is 4.79 Å². The highest BCUT2D eigenvalue weighted by Gasteiger charge is 2.18. The number of aromatic carboxylic acids is 1. The molecule has 0 saturated carbocycles. The number of hydrogen-bond acceptors (Lipinski definition) is 5. The van der Waals surface area contributed by atoms with Gasteiger partial charge in [0.15, 0.2) is 11.5 Å². The molecule has 82 valence electrons. The number of nitrogen functional groups attached to an aromatic ring is 1. The molecular formula is C9H11NO4S. The molecule has 0 aliphatic carbocycles. The minimum absolute atomic E-state index is 0.0577. The minimum atomic E-state index is -1.14. The van der Waals surface area contributed by atoms with Gasteiger partial charge in [-0.2, -0.15) is 0 Å². The van der Waals surface area contributed by atoms with E-state index in [4.69, 9.17) is 20.3 Å². The summed E-state index contributed by atoms with van der Waals surface area (Å²) in [6.07, 6.45) is 0. The number of anilines is 1. The van der Waals surface area contributed by atoms with Crippen molar-refractivity contribution in [1.82, 2.24) is 0 Å². The molecule has 0 atom stereocenters. The lowest BCUT2D eigenvalue weighted by Crippen LogP contribution is -2.05. The number of carboxylic acid groups (broad SMARTS) is 1. The molecule has 15 heavy (non-hydrogen) atoms. The van der Waals surface area contributed by atoms with Gasteiger partial charge >= 0.3 is 5.97 Å². The molecule has 0 fully saturated rings. The Morgan fingerprint density at radius 3 is 2.47 bits per heavy atom. The summed E-state index contributed by atoms with van der Waals surface area (Å²) in [5.41, 5.74) is 5.59. The summed E-state index contributed by atoms with van der Waals surface area (Å²) < 4.78 is 9.98. The number of thiol groups is 1. The number of carbonyl (C=O) groups is 1. The van der Waals surface area contributed by atoms with Gasteiger partial charge in [0, 0.05) is 6.07 Å². The second kappa shape index (κ2) is 4.31. The zero-order valence-corrected chi connectivity index (χ0v) is 9.17. The van der Waals surface area contributed by atoms with E-state index in [0.29, 0.717) is 5.75 Å². The van der Waals surface area contributed by atoms with Crippen molar-refractivity contribution >= 4 is 24.3 Å². The molecule has 1 rings (SSSR count). The normalized spacial score (nSPS) is 9.80. The third-order valence-electron chi connectivity index (χ3n) is 1.91. The van der Waals surface area contributed by atoms with Gasteiger partial charge in [0.1, 0.15) is 0 Å². The number of ether oxygens (including phenoxy) is 2. The Bertz CT molecular complexity index is 406. The van der Waals surface area contributed by atoms with E-state index < -0.39 is 5.97 Å². The smallest absolute Gasteiger partial charge is 0.337 e. The molecule has 0 saturated heterocycles. The predicted molar refractivity (Wildman–Crippen MR) is 58.2 cm³/mol. The van der Waals surface area contributed by atoms with Crippen LogP contribution >= 0.6 is 12.6 Å². The third-order valence-corrected chi connectivity index (χ3v) is 2.36. The molecule has 6 heteroatoms. The maximum Gasteiger partial charge on any atom is 0.337 e. The van der Waals surface area contributed by atoms with Crippen molar-refractivity contribution in [2.45, 2.75) is 4.90 Å². The Balaban J connectivity index is 3.49. The van der Waals surface area contributed by atoms with Crippen LogP contribution in [0.4, 0.5) is 5.69 Å². The van der Waals surface area contributed by atoms with Crippen LogP contribution < -0.4 is 15.2 Å². The molecule has 0 bridgehead atoms. The Morgan fingerprint density at radius 1 is 1.47 bits per heavy atom. The summed E-state index contributed by atoms with van der Waals surface area (Å²) >= 11 is 4.09. The molecule has 0 aliphatic heterocycles. The van der Waals surface area contributed by atoms with Crippen LogP contribution in [0.15, 0.2) is 11.0 Å². The average molecular weight is 229 g/mol. The molecule has 0 aromatic heterocycles. The highest BCUT2D eigenvalue weighted by molar-refractivity contribution is 7.80. The molecule has 1 aromatic carbocycles. The third kappa shape index (κ3) is 1.94. The van der Waals surface area contributed by atoms with Gasteiger partial charge in [-0.15, -0.1) is 12.6 Å². The van der Waals surface area contributed by atoms with E-state index in [-0.39, 0.29) is 21.9 Å². The van der Waals surface area contributed by atoms with Crippen LogP contribution in [-0.2, 0) is 0 Å². The van der Waals surface area contributed by atoms with Crippen molar-refractivity contribution in [3.63, 3.8) is 0 Å². The van der Waals surface area contributed by atoms with Crippen molar-refractivity contribution in [2.24, 2.45) is 0 Å². The summed E-state index contributed by atoms with van der Waals surface area (Å²) in [5, 5.41) is 8.86. The first kappa shape index (κ1) is 11.5. The van der Waals surface area contributed by atoms with Gasteiger partial charge in [0.25, 0.3) is 0 Å². The highest BCUT2D eigenvalue weighted by Crippen LogP contribution is 2.39. The first-order valence-corrected chi connectivity index (χ1v) is 4.44. The molecule has 0 aliphatic rings. The Labute approximate surface area is 92.2 Å². The predicted octanol–water partition coefficient (Wildman–Crippen LogP) is 1.27. The van der Waals surface area contributed by atoms with Crippen molar-refractivity contribution in [1.29, 1.82) is 0 Å². The number of carboxylic acids is 1. The second-order valence-electron chi connectivity index (χ2n) is 2.73. The second-order valence-corrected chi connectivity index (χ2v) is 3.17. The van der Waals surface area contributed by atoms with Gasteiger partial charge < -0.3 is 20.3 Å². The molecule has 5 nitrogen and oxygen atoms in total. The number of benzene rings is 1. The van der Waals surface area contributed by atoms with E-state index in [1.807, 2.05) is 0 Å². The van der Waals surface area contributed by atoms with Crippen molar-refractivity contribution < 1.29 is 19.4 Å². The van der Waals surface area contributed by atoms with Gasteiger partial charge in [-0.1, -0.05) is 0 Å². The van der Waals surface area contributed by atoms with Crippen molar-refractivity contribution in [2.75, 3.05) is 20.0 Å². The number of hydrogen-bond donors (Lipinski definition) is 3. The summed E-state index contributed by atoms with van der Waals surface area (Å²) in [7, 11) is 2.84. The van der Waals surface area contributed by atoms with Crippen LogP contribution in [0.3, 0.4) is 0 Å². The lowest BCUT2D eigenvalue weighted by Gasteiger charge is -2.13. The SMILES string of the molecule is COc1cc(C(=O)O)c(N)c(S)c1OC. The van der Waals surface area contributed by atoms with E-state index in [1.165, 1.54) is 20.3 Å². The average Bonchev–Trinajstić information content (AvgIpc) is 2.21. The van der Waals surface area contributed by atoms with Crippen LogP contribution in [0.1, 0.15) is 10.4 Å². The molecule has 0 spiro atoms. The van der Waals surface area contributed by atoms with Crippen LogP contribution in [0.2, 0.25) is 0 Å². The molecule has 1 aromatic rings. The van der Waals surface area contributed by atoms with Crippen LogP contribution in [0.5, 0.6) is 11.5 Å². The Morgan fingerprint density at radius 2 is 2.07 bits per heavy atom. The largest absolute Gasteiger partial charge is 0.493 e. The lowest BCUT2D eigenvalue weighted by molar-refractivity contribution is 0.0697. The van der Waals surface area contributed by atoms with Crippen LogP contribution in [0.25, 0.3) is 0 Å². The van der Waals surface area contributed by atoms with Gasteiger partial charge in [-0.25, -0.2) is 4.79 Å². The maximum absolute atomic E-state index is 10.8. The Hall–Kier alpha value is -1.56. The van der Waals surface area contributed by atoms with Gasteiger partial charge in [0.2, 0.25) is 0 Å². The van der Waals surface area contributed by atoms with Gasteiger partial charge in [0.05, 0.1) is 30.4 Å². The maximum atomic E-state index is 10.8. The van der Waals surface area contributed by atoms with Crippen molar-refractivity contribution in [3.8, 4) is 11.5 Å². The molecule has 0 unspecified atom stereocenters. The quantitative estimate of drug-likeness (QED) is 0.537.